The number of ether oxygens (including phenoxy) is 1. The fraction of sp³-hybridized carbons (Fsp3) is 0.125. The van der Waals surface area contributed by atoms with E-state index in [-0.39, 0.29) is 17.2 Å². The van der Waals surface area contributed by atoms with Gasteiger partial charge in [-0.25, -0.2) is 4.90 Å². The Balaban J connectivity index is 1.53. The van der Waals surface area contributed by atoms with Gasteiger partial charge in [0.05, 0.1) is 40.8 Å². The van der Waals surface area contributed by atoms with Gasteiger partial charge in [0, 0.05) is 0 Å². The van der Waals surface area contributed by atoms with Gasteiger partial charge in [0.1, 0.15) is 11.4 Å². The second-order valence-electron chi connectivity index (χ2n) is 12.2. The summed E-state index contributed by atoms with van der Waals surface area (Å²) < 4.78 is 5.24. The number of nitro groups is 1. The number of allylic oxidation sites excluding steroid dienone is 2. The van der Waals surface area contributed by atoms with E-state index in [0.29, 0.717) is 22.3 Å². The van der Waals surface area contributed by atoms with E-state index in [9.17, 15) is 10.1 Å². The Bertz CT molecular complexity index is 2050. The highest BCUT2D eigenvalue weighted by Gasteiger charge is 2.83. The summed E-state index contributed by atoms with van der Waals surface area (Å²) in [6, 6.07) is 41.4. The Morgan fingerprint density at radius 3 is 1.44 bits per heavy atom. The molecule has 234 valence electrons. The van der Waals surface area contributed by atoms with Gasteiger partial charge in [-0.1, -0.05) is 121 Å². The van der Waals surface area contributed by atoms with Gasteiger partial charge in [0.2, 0.25) is 11.8 Å². The summed E-state index contributed by atoms with van der Waals surface area (Å²) in [6.45, 7) is 0. The lowest BCUT2D eigenvalue weighted by molar-refractivity contribution is -0.384. The number of carbonyl (C=O) groups is 3. The molecule has 8 rings (SSSR count). The molecule has 48 heavy (non-hydrogen) atoms. The number of nitro benzene ring substituents is 1. The van der Waals surface area contributed by atoms with Gasteiger partial charge in [-0.2, -0.15) is 0 Å². The van der Waals surface area contributed by atoms with Crippen LogP contribution in [0, 0.1) is 22.0 Å². The number of methoxy groups -OCH3 is 1. The van der Waals surface area contributed by atoms with E-state index in [1.54, 1.807) is 0 Å². The third kappa shape index (κ3) is 3.62. The molecule has 0 spiro atoms. The predicted molar refractivity (Wildman–Crippen MR) is 180 cm³/mol. The third-order valence-electron chi connectivity index (χ3n) is 10.2. The quantitative estimate of drug-likeness (QED) is 0.111. The maximum Gasteiger partial charge on any atom is 0.297 e. The van der Waals surface area contributed by atoms with Crippen LogP contribution in [0.25, 0.3) is 11.1 Å². The number of fused-ring (bicyclic) bond motifs is 5. The van der Waals surface area contributed by atoms with Crippen LogP contribution in [-0.4, -0.2) is 29.6 Å². The van der Waals surface area contributed by atoms with Crippen molar-refractivity contribution in [2.75, 3.05) is 12.0 Å². The summed E-state index contributed by atoms with van der Waals surface area (Å²) >= 11 is 0. The van der Waals surface area contributed by atoms with Crippen LogP contribution in [0.1, 0.15) is 22.3 Å². The number of amides is 2. The summed E-state index contributed by atoms with van der Waals surface area (Å²) in [4.78, 5) is 58.8. The molecule has 5 aromatic rings. The van der Waals surface area contributed by atoms with Crippen LogP contribution < -0.4 is 9.64 Å². The molecule has 2 amide bonds. The number of Topliss-reactive ketones (excluding diaryl/α,β-unsaturated/α-hetero) is 1. The standard InChI is InChI=1S/C40H28N2O6/c1-48-29-22-23-30(31(24-29)42(46)47)41-36(43)34-35(37(41)44)40(28-20-12-5-13-21-28)33(26-16-8-3-9-17-26)32(25-14-6-2-7-15-25)39(34,38(40)45)27-18-10-4-11-19-27/h2-24,34-35H,1H3/t34-,35-,39-,40-/m0/s1. The first kappa shape index (κ1) is 29.3. The summed E-state index contributed by atoms with van der Waals surface area (Å²) in [6.07, 6.45) is 0. The first-order valence-electron chi connectivity index (χ1n) is 15.6. The molecule has 8 heteroatoms. The van der Waals surface area contributed by atoms with Gasteiger partial charge < -0.3 is 4.74 Å². The normalized spacial score (nSPS) is 24.3. The SMILES string of the molecule is COc1ccc(N2C(=O)[C@@H]3[C@@H](C2=O)[C@@]2(c4ccccc4)C(=O)[C@@]3(c3ccccc3)C(c3ccccc3)=C2c2ccccc2)c([N+](=O)[O-])c1. The van der Waals surface area contributed by atoms with Gasteiger partial charge in [0.25, 0.3) is 5.69 Å². The Kier molecular flexibility index (Phi) is 6.53. The second kappa shape index (κ2) is 10.7. The van der Waals surface area contributed by atoms with Crippen molar-refractivity contribution >= 4 is 40.1 Å². The van der Waals surface area contributed by atoms with Gasteiger partial charge in [-0.3, -0.25) is 24.5 Å². The van der Waals surface area contributed by atoms with E-state index in [1.807, 2.05) is 121 Å². The second-order valence-corrected chi connectivity index (χ2v) is 12.2. The van der Waals surface area contributed by atoms with E-state index in [2.05, 4.69) is 0 Å². The molecule has 0 radical (unpaired) electrons. The van der Waals surface area contributed by atoms with Crippen molar-refractivity contribution in [3.63, 3.8) is 0 Å². The van der Waals surface area contributed by atoms with Crippen molar-refractivity contribution in [3.8, 4) is 5.75 Å². The summed E-state index contributed by atoms with van der Waals surface area (Å²) in [5, 5.41) is 12.4. The van der Waals surface area contributed by atoms with Crippen LogP contribution in [-0.2, 0) is 25.2 Å². The van der Waals surface area contributed by atoms with Crippen molar-refractivity contribution in [2.24, 2.45) is 11.8 Å². The van der Waals surface area contributed by atoms with E-state index in [1.165, 1.54) is 25.3 Å². The number of rotatable bonds is 7. The van der Waals surface area contributed by atoms with Crippen LogP contribution in [0.2, 0.25) is 0 Å². The maximum atomic E-state index is 15.9. The fourth-order valence-corrected chi connectivity index (χ4v) is 8.54. The topological polar surface area (TPSA) is 107 Å². The molecule has 0 N–H and O–H groups in total. The van der Waals surface area contributed by atoms with Crippen LogP contribution in [0.4, 0.5) is 11.4 Å². The number of nitrogens with zero attached hydrogens (tertiary/aromatic N) is 2. The number of ketones is 1. The molecule has 5 aromatic carbocycles. The third-order valence-corrected chi connectivity index (χ3v) is 10.2. The maximum absolute atomic E-state index is 15.9. The largest absolute Gasteiger partial charge is 0.496 e. The zero-order valence-electron chi connectivity index (χ0n) is 25.8. The lowest BCUT2D eigenvalue weighted by Gasteiger charge is -2.39. The smallest absolute Gasteiger partial charge is 0.297 e. The van der Waals surface area contributed by atoms with Crippen molar-refractivity contribution in [1.82, 2.24) is 0 Å². The molecule has 2 bridgehead atoms. The van der Waals surface area contributed by atoms with Gasteiger partial charge >= 0.3 is 0 Å². The number of anilines is 1. The molecule has 0 aromatic heterocycles. The van der Waals surface area contributed by atoms with Crippen molar-refractivity contribution < 1.29 is 24.0 Å². The molecule has 3 aliphatic rings. The average molecular weight is 633 g/mol. The Labute approximate surface area is 276 Å². The molecule has 8 nitrogen and oxygen atoms in total. The highest BCUT2D eigenvalue weighted by molar-refractivity contribution is 6.39. The molecule has 0 unspecified atom stereocenters. The van der Waals surface area contributed by atoms with Crippen LogP contribution in [0.15, 0.2) is 140 Å². The summed E-state index contributed by atoms with van der Waals surface area (Å²) in [7, 11) is 1.38. The van der Waals surface area contributed by atoms with Crippen LogP contribution in [0.3, 0.4) is 0 Å². The molecule has 1 saturated heterocycles. The number of hydrogen-bond donors (Lipinski definition) is 0. The number of benzene rings is 5. The van der Waals surface area contributed by atoms with E-state index in [4.69, 9.17) is 4.74 Å². The molecule has 1 saturated carbocycles. The van der Waals surface area contributed by atoms with Crippen LogP contribution in [0.5, 0.6) is 5.75 Å². The Morgan fingerprint density at radius 2 is 1.04 bits per heavy atom. The zero-order chi connectivity index (χ0) is 33.2. The molecule has 1 heterocycles. The van der Waals surface area contributed by atoms with Crippen molar-refractivity contribution in [2.45, 2.75) is 10.8 Å². The van der Waals surface area contributed by atoms with E-state index < -0.39 is 45.1 Å². The molecular formula is C40H28N2O6. The first-order valence-corrected chi connectivity index (χ1v) is 15.6. The lowest BCUT2D eigenvalue weighted by Crippen LogP contribution is -2.45. The Hall–Kier alpha value is -6.15. The number of imide groups is 1. The monoisotopic (exact) mass is 632 g/mol. The Morgan fingerprint density at radius 1 is 0.625 bits per heavy atom. The van der Waals surface area contributed by atoms with Crippen molar-refractivity contribution in [3.05, 3.63) is 172 Å². The van der Waals surface area contributed by atoms with Gasteiger partial charge in [0.15, 0.2) is 5.78 Å². The highest BCUT2D eigenvalue weighted by atomic mass is 16.6. The van der Waals surface area contributed by atoms with Gasteiger partial charge in [-0.15, -0.1) is 0 Å². The lowest BCUT2D eigenvalue weighted by atomic mass is 9.59. The van der Waals surface area contributed by atoms with E-state index in [0.717, 1.165) is 16.0 Å². The molecule has 1 aliphatic heterocycles. The number of carbonyl (C=O) groups excluding carboxylic acids is 3. The minimum absolute atomic E-state index is 0.161. The molecule has 2 aliphatic carbocycles. The van der Waals surface area contributed by atoms with Crippen LogP contribution >= 0.6 is 0 Å². The molecule has 4 atom stereocenters. The van der Waals surface area contributed by atoms with Crippen molar-refractivity contribution in [1.29, 1.82) is 0 Å². The average Bonchev–Trinajstić information content (AvgIpc) is 3.64. The van der Waals surface area contributed by atoms with E-state index >= 15 is 14.4 Å². The minimum atomic E-state index is -1.60. The molecule has 2 fully saturated rings. The predicted octanol–water partition coefficient (Wildman–Crippen LogP) is 6.79. The zero-order valence-corrected chi connectivity index (χ0v) is 25.8. The minimum Gasteiger partial charge on any atom is -0.496 e. The summed E-state index contributed by atoms with van der Waals surface area (Å²) in [5.41, 5.74) is 0.166. The fourth-order valence-electron chi connectivity index (χ4n) is 8.54. The first-order chi connectivity index (χ1) is 23.4. The van der Waals surface area contributed by atoms with Gasteiger partial charge in [-0.05, 0) is 45.5 Å². The molecular weight excluding hydrogens is 604 g/mol. The summed E-state index contributed by atoms with van der Waals surface area (Å²) in [5.74, 6) is -3.75. The number of hydrogen-bond acceptors (Lipinski definition) is 6. The highest BCUT2D eigenvalue weighted by Crippen LogP contribution is 2.74.